The molecule has 2 amide bonds. The lowest BCUT2D eigenvalue weighted by Gasteiger charge is -2.20. The third-order valence-corrected chi connectivity index (χ3v) is 2.87. The smallest absolute Gasteiger partial charge is 0.247 e. The number of primary amides is 1. The second-order valence-electron chi connectivity index (χ2n) is 4.34. The number of likely N-dealkylation sites (N-methyl/N-ethyl adjacent to an activating group) is 1. The van der Waals surface area contributed by atoms with E-state index < -0.39 is 11.9 Å². The maximum atomic E-state index is 11.9. The van der Waals surface area contributed by atoms with Gasteiger partial charge in [-0.05, 0) is 26.0 Å². The summed E-state index contributed by atoms with van der Waals surface area (Å²) in [6.45, 7) is 4.52. The van der Waals surface area contributed by atoms with Crippen molar-refractivity contribution >= 4 is 17.6 Å². The van der Waals surface area contributed by atoms with Gasteiger partial charge in [0.1, 0.15) is 6.04 Å². The van der Waals surface area contributed by atoms with Crippen LogP contribution in [-0.2, 0) is 14.4 Å². The fourth-order valence-corrected chi connectivity index (χ4v) is 2.07. The molecule has 0 saturated carbocycles. The molecular weight excluding hydrogens is 234 g/mol. The van der Waals surface area contributed by atoms with Gasteiger partial charge in [0.2, 0.25) is 11.8 Å². The summed E-state index contributed by atoms with van der Waals surface area (Å²) in [6, 6.07) is -0.527. The van der Waals surface area contributed by atoms with Crippen LogP contribution in [0, 0.1) is 0 Å². The zero-order chi connectivity index (χ0) is 13.7. The maximum Gasteiger partial charge on any atom is 0.247 e. The first-order chi connectivity index (χ1) is 8.45. The Morgan fingerprint density at radius 2 is 2.06 bits per heavy atom. The Balaban J connectivity index is 2.74. The Morgan fingerprint density at radius 1 is 1.39 bits per heavy atom. The molecule has 3 N–H and O–H groups in total. The molecule has 0 aromatic rings. The lowest BCUT2D eigenvalue weighted by Crippen LogP contribution is -2.43. The van der Waals surface area contributed by atoms with E-state index >= 15 is 0 Å². The average molecular weight is 253 g/mol. The molecule has 1 heterocycles. The molecule has 1 aliphatic rings. The van der Waals surface area contributed by atoms with Gasteiger partial charge in [-0.3, -0.25) is 14.4 Å². The number of allylic oxidation sites excluding steroid dienone is 1. The number of nitrogens with zero attached hydrogens (tertiary/aromatic N) is 1. The summed E-state index contributed by atoms with van der Waals surface area (Å²) in [6.07, 6.45) is 2.90. The molecule has 0 spiro atoms. The summed E-state index contributed by atoms with van der Waals surface area (Å²) in [4.78, 5) is 35.4. The summed E-state index contributed by atoms with van der Waals surface area (Å²) < 4.78 is 0. The van der Waals surface area contributed by atoms with Gasteiger partial charge in [-0.15, -0.1) is 0 Å². The molecule has 0 aliphatic carbocycles. The van der Waals surface area contributed by atoms with Crippen LogP contribution in [0.5, 0.6) is 0 Å². The van der Waals surface area contributed by atoms with E-state index in [1.807, 2.05) is 6.92 Å². The van der Waals surface area contributed by atoms with Crippen molar-refractivity contribution in [1.29, 1.82) is 0 Å². The first-order valence-corrected chi connectivity index (χ1v) is 5.97. The summed E-state index contributed by atoms with van der Waals surface area (Å²) in [7, 11) is 0. The number of rotatable bonds is 5. The number of nitrogens with two attached hydrogens (primary N) is 1. The monoisotopic (exact) mass is 253 g/mol. The van der Waals surface area contributed by atoms with Crippen molar-refractivity contribution < 1.29 is 14.4 Å². The molecule has 0 aromatic carbocycles. The third kappa shape index (κ3) is 3.66. The lowest BCUT2D eigenvalue weighted by atomic mass is 10.1. The molecule has 100 valence electrons. The van der Waals surface area contributed by atoms with Crippen molar-refractivity contribution in [3.63, 3.8) is 0 Å². The molecule has 1 fully saturated rings. The van der Waals surface area contributed by atoms with Gasteiger partial charge in [-0.1, -0.05) is 6.92 Å². The summed E-state index contributed by atoms with van der Waals surface area (Å²) in [5.41, 5.74) is 5.29. The first kappa shape index (κ1) is 14.4. The molecule has 0 unspecified atom stereocenters. The molecule has 6 heteroatoms. The van der Waals surface area contributed by atoms with E-state index in [1.54, 1.807) is 0 Å². The molecule has 0 bridgehead atoms. The molecular formula is C12H19N3O3. The first-order valence-electron chi connectivity index (χ1n) is 5.97. The highest BCUT2D eigenvalue weighted by atomic mass is 16.2. The quantitative estimate of drug-likeness (QED) is 0.627. The van der Waals surface area contributed by atoms with Crippen molar-refractivity contribution in [3.05, 3.63) is 12.2 Å². The standard InChI is InChI=1S/C12H19N3O3/c1-3-14-9-6-10(12(13)18)15(7-9)11(17)5-4-8(2)16/h4-5,9-10,14H,3,6-7H2,1-2H3,(H2,13,18)/b5-4+/t9-,10-/m0/s1. The van der Waals surface area contributed by atoms with Crippen LogP contribution in [0.2, 0.25) is 0 Å². The highest BCUT2D eigenvalue weighted by Gasteiger charge is 2.37. The third-order valence-electron chi connectivity index (χ3n) is 2.87. The molecule has 18 heavy (non-hydrogen) atoms. The zero-order valence-electron chi connectivity index (χ0n) is 10.7. The van der Waals surface area contributed by atoms with E-state index in [1.165, 1.54) is 24.0 Å². The number of hydrogen-bond donors (Lipinski definition) is 2. The Hall–Kier alpha value is -1.69. The van der Waals surface area contributed by atoms with Gasteiger partial charge in [-0.2, -0.15) is 0 Å². The van der Waals surface area contributed by atoms with Gasteiger partial charge >= 0.3 is 0 Å². The second kappa shape index (κ2) is 6.30. The van der Waals surface area contributed by atoms with Crippen molar-refractivity contribution in [3.8, 4) is 0 Å². The van der Waals surface area contributed by atoms with Gasteiger partial charge in [0, 0.05) is 18.7 Å². The second-order valence-corrected chi connectivity index (χ2v) is 4.34. The maximum absolute atomic E-state index is 11.9. The van der Waals surface area contributed by atoms with Gasteiger partial charge in [0.25, 0.3) is 0 Å². The van der Waals surface area contributed by atoms with Crippen molar-refractivity contribution in [1.82, 2.24) is 10.2 Å². The molecule has 2 atom stereocenters. The van der Waals surface area contributed by atoms with Crippen LogP contribution in [-0.4, -0.2) is 47.7 Å². The number of carbonyl (C=O) groups is 3. The fraction of sp³-hybridized carbons (Fsp3) is 0.583. The molecule has 6 nitrogen and oxygen atoms in total. The van der Waals surface area contributed by atoms with Crippen LogP contribution in [0.4, 0.5) is 0 Å². The van der Waals surface area contributed by atoms with Crippen LogP contribution >= 0.6 is 0 Å². The molecule has 1 rings (SSSR count). The van der Waals surface area contributed by atoms with E-state index in [9.17, 15) is 14.4 Å². The molecule has 1 aliphatic heterocycles. The topological polar surface area (TPSA) is 92.5 Å². The number of ketones is 1. The number of hydrogen-bond acceptors (Lipinski definition) is 4. The van der Waals surface area contributed by atoms with Crippen LogP contribution in [0.15, 0.2) is 12.2 Å². The number of amides is 2. The summed E-state index contributed by atoms with van der Waals surface area (Å²) in [5.74, 6) is -1.07. The van der Waals surface area contributed by atoms with Gasteiger partial charge < -0.3 is 16.0 Å². The van der Waals surface area contributed by atoms with E-state index in [0.717, 1.165) is 6.54 Å². The normalized spacial score (nSPS) is 23.6. The van der Waals surface area contributed by atoms with Crippen molar-refractivity contribution in [2.45, 2.75) is 32.4 Å². The largest absolute Gasteiger partial charge is 0.368 e. The van der Waals surface area contributed by atoms with E-state index in [2.05, 4.69) is 5.32 Å². The molecule has 0 radical (unpaired) electrons. The van der Waals surface area contributed by atoms with Crippen LogP contribution < -0.4 is 11.1 Å². The summed E-state index contributed by atoms with van der Waals surface area (Å²) in [5, 5.41) is 3.19. The number of likely N-dealkylation sites (tertiary alicyclic amines) is 1. The minimum absolute atomic E-state index is 0.0715. The number of carbonyl (C=O) groups excluding carboxylic acids is 3. The minimum Gasteiger partial charge on any atom is -0.368 e. The van der Waals surface area contributed by atoms with Gasteiger partial charge in [-0.25, -0.2) is 0 Å². The Bertz CT molecular complexity index is 379. The molecule has 0 aromatic heterocycles. The Kier molecular flexibility index (Phi) is 5.03. The van der Waals surface area contributed by atoms with Gasteiger partial charge in [0.05, 0.1) is 0 Å². The van der Waals surface area contributed by atoms with Crippen LogP contribution in [0.1, 0.15) is 20.3 Å². The highest BCUT2D eigenvalue weighted by Crippen LogP contribution is 2.18. The van der Waals surface area contributed by atoms with Gasteiger partial charge in [0.15, 0.2) is 5.78 Å². The minimum atomic E-state index is -0.599. The van der Waals surface area contributed by atoms with E-state index in [-0.39, 0.29) is 17.7 Å². The number of nitrogens with one attached hydrogen (secondary N) is 1. The summed E-state index contributed by atoms with van der Waals surface area (Å²) >= 11 is 0. The van der Waals surface area contributed by atoms with Crippen LogP contribution in [0.3, 0.4) is 0 Å². The SMILES string of the molecule is CCN[C@H]1C[C@@H](C(N)=O)N(C(=O)/C=C/C(C)=O)C1. The predicted molar refractivity (Wildman–Crippen MR) is 66.6 cm³/mol. The predicted octanol–water partition coefficient (Wildman–Crippen LogP) is -0.804. The van der Waals surface area contributed by atoms with Crippen LogP contribution in [0.25, 0.3) is 0 Å². The van der Waals surface area contributed by atoms with Crippen molar-refractivity contribution in [2.75, 3.05) is 13.1 Å². The highest BCUT2D eigenvalue weighted by molar-refractivity contribution is 5.98. The van der Waals surface area contributed by atoms with Crippen molar-refractivity contribution in [2.24, 2.45) is 5.73 Å². The Labute approximate surface area is 106 Å². The molecule has 1 saturated heterocycles. The zero-order valence-corrected chi connectivity index (χ0v) is 10.7. The average Bonchev–Trinajstić information content (AvgIpc) is 2.70. The fourth-order valence-electron chi connectivity index (χ4n) is 2.07. The van der Waals surface area contributed by atoms with E-state index in [4.69, 9.17) is 5.73 Å². The Morgan fingerprint density at radius 3 is 2.56 bits per heavy atom. The lowest BCUT2D eigenvalue weighted by molar-refractivity contribution is -0.133. The van der Waals surface area contributed by atoms with E-state index in [0.29, 0.717) is 13.0 Å².